The highest BCUT2D eigenvalue weighted by Crippen LogP contribution is 2.20. The van der Waals surface area contributed by atoms with Crippen molar-refractivity contribution >= 4 is 28.0 Å². The van der Waals surface area contributed by atoms with Crippen LogP contribution < -0.4 is 0 Å². The lowest BCUT2D eigenvalue weighted by molar-refractivity contribution is -0.432. The number of hydrogen-bond donors (Lipinski definition) is 1. The summed E-state index contributed by atoms with van der Waals surface area (Å²) in [6.07, 6.45) is -0.784. The summed E-state index contributed by atoms with van der Waals surface area (Å²) < 4.78 is 5.17. The summed E-state index contributed by atoms with van der Waals surface area (Å²) in [5, 5.41) is 20.6. The maximum absolute atomic E-state index is 11.3. The first kappa shape index (κ1) is 15.3. The van der Waals surface area contributed by atoms with E-state index in [-0.39, 0.29) is 6.61 Å². The molecule has 0 aromatic heterocycles. The molecule has 0 saturated carbocycles. The Bertz CT molecular complexity index is 515. The molecule has 0 aliphatic carbocycles. The van der Waals surface area contributed by atoms with Gasteiger partial charge in [0.2, 0.25) is 6.10 Å². The van der Waals surface area contributed by atoms with Gasteiger partial charge in [-0.1, -0.05) is 34.1 Å². The molecule has 1 N–H and O–H groups in total. The Morgan fingerprint density at radius 2 is 2.21 bits per heavy atom. The lowest BCUT2D eigenvalue weighted by atomic mass is 10.1. The maximum Gasteiger partial charge on any atom is 0.346 e. The number of carbonyl (C=O) groups is 1. The van der Waals surface area contributed by atoms with Gasteiger partial charge in [0.15, 0.2) is 0 Å². The van der Waals surface area contributed by atoms with E-state index in [9.17, 15) is 20.0 Å². The first-order chi connectivity index (χ1) is 8.97. The molecule has 0 saturated heterocycles. The quantitative estimate of drug-likeness (QED) is 0.507. The van der Waals surface area contributed by atoms with Gasteiger partial charge in [0.25, 0.3) is 5.70 Å². The molecule has 0 unspecified atom stereocenters. The van der Waals surface area contributed by atoms with Gasteiger partial charge in [-0.3, -0.25) is 10.1 Å². The van der Waals surface area contributed by atoms with Crippen molar-refractivity contribution in [2.75, 3.05) is 6.61 Å². The molecule has 6 nitrogen and oxygen atoms in total. The molecule has 1 aromatic carbocycles. The van der Waals surface area contributed by atoms with E-state index in [1.165, 1.54) is 0 Å². The van der Waals surface area contributed by atoms with E-state index < -0.39 is 22.7 Å². The first-order valence-corrected chi connectivity index (χ1v) is 6.22. The van der Waals surface area contributed by atoms with Crippen LogP contribution in [0.2, 0.25) is 0 Å². The third-order valence-electron chi connectivity index (χ3n) is 2.21. The first-order valence-electron chi connectivity index (χ1n) is 5.42. The second kappa shape index (κ2) is 7.01. The van der Waals surface area contributed by atoms with Crippen molar-refractivity contribution in [3.8, 4) is 0 Å². The number of carbonyl (C=O) groups excluding carboxylic acids is 1. The lowest BCUT2D eigenvalue weighted by Gasteiger charge is -2.07. The molecule has 0 amide bonds. The number of esters is 1. The Morgan fingerprint density at radius 3 is 2.74 bits per heavy atom. The van der Waals surface area contributed by atoms with E-state index >= 15 is 0 Å². The van der Waals surface area contributed by atoms with Gasteiger partial charge in [0.1, 0.15) is 0 Å². The third-order valence-corrected chi connectivity index (χ3v) is 2.93. The van der Waals surface area contributed by atoms with Crippen LogP contribution in [0, 0.1) is 10.1 Å². The third kappa shape index (κ3) is 4.15. The molecular formula is C12H12BrNO5. The molecule has 1 aromatic rings. The molecule has 0 fully saturated rings. The predicted octanol–water partition coefficient (Wildman–Crippen LogP) is 1.99. The van der Waals surface area contributed by atoms with E-state index in [0.29, 0.717) is 10.0 Å². The van der Waals surface area contributed by atoms with Crippen molar-refractivity contribution in [2.45, 2.75) is 13.0 Å². The molecule has 0 bridgehead atoms. The van der Waals surface area contributed by atoms with Crippen molar-refractivity contribution < 1.29 is 19.6 Å². The van der Waals surface area contributed by atoms with E-state index in [1.54, 1.807) is 31.2 Å². The smallest absolute Gasteiger partial charge is 0.346 e. The Labute approximate surface area is 118 Å². The zero-order valence-electron chi connectivity index (χ0n) is 10.1. The summed E-state index contributed by atoms with van der Waals surface area (Å²) in [4.78, 5) is 21.4. The van der Waals surface area contributed by atoms with Crippen LogP contribution in [0.5, 0.6) is 0 Å². The number of aliphatic hydroxyl groups excluding tert-OH is 1. The monoisotopic (exact) mass is 329 g/mol. The highest BCUT2D eigenvalue weighted by molar-refractivity contribution is 9.10. The summed E-state index contributed by atoms with van der Waals surface area (Å²) >= 11 is 3.23. The molecule has 0 radical (unpaired) electrons. The molecule has 0 spiro atoms. The highest BCUT2D eigenvalue weighted by atomic mass is 79.9. The Kier molecular flexibility index (Phi) is 5.65. The fourth-order valence-electron chi connectivity index (χ4n) is 1.32. The van der Waals surface area contributed by atoms with Gasteiger partial charge >= 0.3 is 5.97 Å². The zero-order valence-corrected chi connectivity index (χ0v) is 11.7. The summed E-state index contributed by atoms with van der Waals surface area (Å²) in [6, 6.07) is 6.74. The average Bonchev–Trinajstić information content (AvgIpc) is 2.37. The Hall–Kier alpha value is -1.73. The number of aliphatic hydroxyl groups is 1. The summed E-state index contributed by atoms with van der Waals surface area (Å²) in [5.41, 5.74) is -0.150. The molecule has 102 valence electrons. The maximum atomic E-state index is 11.3. The van der Waals surface area contributed by atoms with Gasteiger partial charge in [-0.25, -0.2) is 4.79 Å². The van der Waals surface area contributed by atoms with Crippen LogP contribution in [0.1, 0.15) is 12.5 Å². The van der Waals surface area contributed by atoms with Gasteiger partial charge in [-0.2, -0.15) is 0 Å². The number of nitro groups is 1. The van der Waals surface area contributed by atoms with Gasteiger partial charge in [0.05, 0.1) is 11.5 Å². The van der Waals surface area contributed by atoms with Gasteiger partial charge < -0.3 is 9.84 Å². The topological polar surface area (TPSA) is 89.7 Å². The highest BCUT2D eigenvalue weighted by Gasteiger charge is 2.31. The van der Waals surface area contributed by atoms with Crippen LogP contribution in [0.3, 0.4) is 0 Å². The Morgan fingerprint density at radius 1 is 1.58 bits per heavy atom. The van der Waals surface area contributed by atoms with Crippen LogP contribution in [-0.2, 0) is 9.53 Å². The summed E-state index contributed by atoms with van der Waals surface area (Å²) in [5.74, 6) is -1.04. The van der Waals surface area contributed by atoms with Crippen LogP contribution in [-0.4, -0.2) is 28.7 Å². The van der Waals surface area contributed by atoms with Crippen LogP contribution in [0.15, 0.2) is 34.4 Å². The zero-order chi connectivity index (χ0) is 14.4. The number of ether oxygens (including phenoxy) is 1. The molecule has 1 atom stereocenters. The number of halogens is 1. The lowest BCUT2D eigenvalue weighted by Crippen LogP contribution is -2.28. The van der Waals surface area contributed by atoms with E-state index in [4.69, 9.17) is 0 Å². The summed E-state index contributed by atoms with van der Waals surface area (Å²) in [7, 11) is 0. The minimum absolute atomic E-state index is 0.0376. The Balaban J connectivity index is 3.11. The van der Waals surface area contributed by atoms with Crippen molar-refractivity contribution in [3.63, 3.8) is 0 Å². The normalized spacial score (nSPS) is 12.9. The molecular weight excluding hydrogens is 318 g/mol. The number of hydrogen-bond acceptors (Lipinski definition) is 5. The SMILES string of the molecule is CCOC(=O)[C@@H](O)/C(=C\c1ccccc1Br)[N+](=O)[O-]. The summed E-state index contributed by atoms with van der Waals surface area (Å²) in [6.45, 7) is 1.59. The van der Waals surface area contributed by atoms with Crippen molar-refractivity contribution in [1.29, 1.82) is 0 Å². The van der Waals surface area contributed by atoms with Gasteiger partial charge in [0, 0.05) is 10.5 Å². The molecule has 19 heavy (non-hydrogen) atoms. The minimum atomic E-state index is -1.91. The standard InChI is InChI=1S/C12H12BrNO5/c1-2-19-12(16)11(15)10(14(17)18)7-8-5-3-4-6-9(8)13/h3-7,11,15H,2H2,1H3/b10-7+/t11-/m0/s1. The second-order valence-electron chi connectivity index (χ2n) is 3.50. The van der Waals surface area contributed by atoms with Gasteiger partial charge in [-0.05, 0) is 18.6 Å². The molecule has 1 rings (SSSR count). The van der Waals surface area contributed by atoms with Crippen LogP contribution in [0.4, 0.5) is 0 Å². The predicted molar refractivity (Wildman–Crippen MR) is 71.8 cm³/mol. The molecule has 0 aliphatic heterocycles. The number of benzene rings is 1. The molecule has 0 heterocycles. The van der Waals surface area contributed by atoms with E-state index in [2.05, 4.69) is 20.7 Å². The van der Waals surface area contributed by atoms with Crippen molar-refractivity contribution in [3.05, 3.63) is 50.1 Å². The van der Waals surface area contributed by atoms with Crippen LogP contribution >= 0.6 is 15.9 Å². The molecule has 7 heteroatoms. The van der Waals surface area contributed by atoms with E-state index in [1.807, 2.05) is 0 Å². The largest absolute Gasteiger partial charge is 0.464 e. The fourth-order valence-corrected chi connectivity index (χ4v) is 1.72. The fraction of sp³-hybridized carbons (Fsp3) is 0.250. The van der Waals surface area contributed by atoms with Crippen molar-refractivity contribution in [1.82, 2.24) is 0 Å². The minimum Gasteiger partial charge on any atom is -0.464 e. The second-order valence-corrected chi connectivity index (χ2v) is 4.36. The average molecular weight is 330 g/mol. The van der Waals surface area contributed by atoms with Gasteiger partial charge in [-0.15, -0.1) is 0 Å². The van der Waals surface area contributed by atoms with E-state index in [0.717, 1.165) is 6.08 Å². The van der Waals surface area contributed by atoms with Crippen molar-refractivity contribution in [2.24, 2.45) is 0 Å². The molecule has 0 aliphatic rings. The van der Waals surface area contributed by atoms with Crippen LogP contribution in [0.25, 0.3) is 6.08 Å². The number of rotatable bonds is 5. The number of nitrogens with zero attached hydrogens (tertiary/aromatic N) is 1.